The van der Waals surface area contributed by atoms with Crippen LogP contribution in [0.5, 0.6) is 5.75 Å². The lowest BCUT2D eigenvalue weighted by molar-refractivity contribution is 0.262. The largest absolute Gasteiger partial charge is 0.493 e. The minimum atomic E-state index is -0.292. The van der Waals surface area contributed by atoms with Crippen LogP contribution in [0.25, 0.3) is 11.3 Å². The van der Waals surface area contributed by atoms with Gasteiger partial charge >= 0.3 is 6.03 Å². The summed E-state index contributed by atoms with van der Waals surface area (Å²) in [6, 6.07) is 17.2. The van der Waals surface area contributed by atoms with Gasteiger partial charge in [-0.2, -0.15) is 5.10 Å². The molecule has 3 aromatic rings. The van der Waals surface area contributed by atoms with Crippen molar-refractivity contribution in [2.75, 3.05) is 23.8 Å². The smallest absolute Gasteiger partial charge is 0.323 e. The van der Waals surface area contributed by atoms with Gasteiger partial charge in [-0.1, -0.05) is 24.6 Å². The topological polar surface area (TPSA) is 80.2 Å². The third-order valence-electron chi connectivity index (χ3n) is 5.50. The second-order valence-corrected chi connectivity index (χ2v) is 7.78. The van der Waals surface area contributed by atoms with E-state index < -0.39 is 0 Å². The summed E-state index contributed by atoms with van der Waals surface area (Å²) in [4.78, 5) is 12.4. The van der Waals surface area contributed by atoms with Crippen LogP contribution in [0, 0.1) is 0 Å². The number of aryl methyl sites for hydroxylation is 1. The number of para-hydroxylation sites is 1. The highest BCUT2D eigenvalue weighted by molar-refractivity contribution is 6.00. The molecular weight excluding hydrogens is 390 g/mol. The van der Waals surface area contributed by atoms with E-state index in [2.05, 4.69) is 21.0 Å². The Labute approximate surface area is 182 Å². The summed E-state index contributed by atoms with van der Waals surface area (Å²) in [6.07, 6.45) is 6.48. The molecule has 7 heteroatoms. The molecule has 1 aliphatic rings. The first-order valence-corrected chi connectivity index (χ1v) is 10.8. The Balaban J connectivity index is 1.46. The highest BCUT2D eigenvalue weighted by Crippen LogP contribution is 2.32. The Morgan fingerprint density at radius 1 is 1.13 bits per heavy atom. The zero-order chi connectivity index (χ0) is 21.5. The van der Waals surface area contributed by atoms with E-state index in [1.165, 1.54) is 19.3 Å². The van der Waals surface area contributed by atoms with E-state index in [1.54, 1.807) is 10.9 Å². The van der Waals surface area contributed by atoms with Crippen molar-refractivity contribution >= 4 is 17.4 Å². The van der Waals surface area contributed by atoms with Gasteiger partial charge in [0.2, 0.25) is 0 Å². The SMILES string of the molecule is Cn1nccc1-c1cc(NC(=O)Nc2ccccc2)ccc1OCCC1CCCCN1. The number of nitrogens with zero attached hydrogens (tertiary/aromatic N) is 2. The Morgan fingerprint density at radius 3 is 2.71 bits per heavy atom. The first-order chi connectivity index (χ1) is 15.2. The minimum Gasteiger partial charge on any atom is -0.493 e. The Hall–Kier alpha value is -3.32. The molecule has 162 valence electrons. The van der Waals surface area contributed by atoms with E-state index in [4.69, 9.17) is 4.74 Å². The molecule has 0 spiro atoms. The van der Waals surface area contributed by atoms with E-state index >= 15 is 0 Å². The van der Waals surface area contributed by atoms with Crippen LogP contribution in [-0.2, 0) is 7.05 Å². The molecule has 3 N–H and O–H groups in total. The van der Waals surface area contributed by atoms with Gasteiger partial charge in [-0.15, -0.1) is 0 Å². The van der Waals surface area contributed by atoms with Gasteiger partial charge < -0.3 is 20.7 Å². The van der Waals surface area contributed by atoms with Gasteiger partial charge in [0.05, 0.1) is 12.3 Å². The first-order valence-electron chi connectivity index (χ1n) is 10.8. The summed E-state index contributed by atoms with van der Waals surface area (Å²) < 4.78 is 7.97. The van der Waals surface area contributed by atoms with E-state index in [9.17, 15) is 4.79 Å². The molecule has 0 bridgehead atoms. The standard InChI is InChI=1S/C24H29N5O2/c1-29-22(12-15-26-29)21-17-20(28-24(30)27-19-8-3-2-4-9-19)10-11-23(21)31-16-13-18-7-5-6-14-25-18/h2-4,8-12,15,17-18,25H,5-7,13-14,16H2,1H3,(H2,27,28,30). The quantitative estimate of drug-likeness (QED) is 0.521. The van der Waals surface area contributed by atoms with Crippen molar-refractivity contribution in [2.24, 2.45) is 7.05 Å². The molecule has 1 aliphatic heterocycles. The maximum atomic E-state index is 12.4. The molecule has 7 nitrogen and oxygen atoms in total. The lowest BCUT2D eigenvalue weighted by Crippen LogP contribution is -2.35. The summed E-state index contributed by atoms with van der Waals surface area (Å²) in [5.41, 5.74) is 3.25. The fourth-order valence-corrected chi connectivity index (χ4v) is 3.87. The van der Waals surface area contributed by atoms with Crippen LogP contribution in [-0.4, -0.2) is 35.0 Å². The normalized spacial score (nSPS) is 16.0. The predicted octanol–water partition coefficient (Wildman–Crippen LogP) is 4.64. The number of nitrogens with one attached hydrogen (secondary N) is 3. The van der Waals surface area contributed by atoms with Crippen molar-refractivity contribution in [1.29, 1.82) is 0 Å². The fourth-order valence-electron chi connectivity index (χ4n) is 3.87. The number of carbonyl (C=O) groups excluding carboxylic acids is 1. The number of aromatic nitrogens is 2. The van der Waals surface area contributed by atoms with E-state index in [1.807, 2.05) is 61.6 Å². The van der Waals surface area contributed by atoms with Crippen LogP contribution in [0.2, 0.25) is 0 Å². The molecule has 1 atom stereocenters. The molecule has 1 unspecified atom stereocenters. The lowest BCUT2D eigenvalue weighted by atomic mass is 10.0. The summed E-state index contributed by atoms with van der Waals surface area (Å²) in [5.74, 6) is 0.786. The number of benzene rings is 2. The van der Waals surface area contributed by atoms with Gasteiger partial charge in [-0.05, 0) is 62.2 Å². The first kappa shape index (κ1) is 20.9. The predicted molar refractivity (Wildman–Crippen MR) is 123 cm³/mol. The maximum absolute atomic E-state index is 12.4. The molecule has 2 heterocycles. The van der Waals surface area contributed by atoms with Gasteiger partial charge in [-0.25, -0.2) is 4.79 Å². The van der Waals surface area contributed by atoms with Crippen LogP contribution in [0.3, 0.4) is 0 Å². The molecule has 4 rings (SSSR count). The number of rotatable bonds is 7. The van der Waals surface area contributed by atoms with Gasteiger partial charge in [0.25, 0.3) is 0 Å². The van der Waals surface area contributed by atoms with Crippen molar-refractivity contribution in [2.45, 2.75) is 31.7 Å². The van der Waals surface area contributed by atoms with Crippen molar-refractivity contribution in [3.05, 3.63) is 60.8 Å². The zero-order valence-corrected chi connectivity index (χ0v) is 17.8. The van der Waals surface area contributed by atoms with Crippen molar-refractivity contribution in [3.8, 4) is 17.0 Å². The molecule has 2 aromatic carbocycles. The number of hydrogen-bond donors (Lipinski definition) is 3. The number of carbonyl (C=O) groups is 1. The highest BCUT2D eigenvalue weighted by atomic mass is 16.5. The van der Waals surface area contributed by atoms with Gasteiger partial charge in [-0.3, -0.25) is 4.68 Å². The van der Waals surface area contributed by atoms with Gasteiger partial charge in [0.1, 0.15) is 5.75 Å². The number of piperidine rings is 1. The second kappa shape index (κ2) is 10.1. The number of urea groups is 1. The molecule has 31 heavy (non-hydrogen) atoms. The molecule has 0 radical (unpaired) electrons. The molecule has 1 aromatic heterocycles. The summed E-state index contributed by atoms with van der Waals surface area (Å²) in [5, 5.41) is 13.6. The number of hydrogen-bond acceptors (Lipinski definition) is 4. The van der Waals surface area contributed by atoms with Crippen LogP contribution < -0.4 is 20.7 Å². The lowest BCUT2D eigenvalue weighted by Gasteiger charge is -2.23. The van der Waals surface area contributed by atoms with Gasteiger partial charge in [0, 0.05) is 36.2 Å². The second-order valence-electron chi connectivity index (χ2n) is 7.78. The summed E-state index contributed by atoms with van der Waals surface area (Å²) in [6.45, 7) is 1.74. The Bertz CT molecular complexity index is 996. The van der Waals surface area contributed by atoms with E-state index in [0.29, 0.717) is 18.3 Å². The van der Waals surface area contributed by atoms with Crippen LogP contribution in [0.4, 0.5) is 16.2 Å². The molecule has 1 saturated heterocycles. The average Bonchev–Trinajstić information content (AvgIpc) is 3.21. The third-order valence-corrected chi connectivity index (χ3v) is 5.50. The fraction of sp³-hybridized carbons (Fsp3) is 0.333. The third kappa shape index (κ3) is 5.64. The molecule has 1 fully saturated rings. The molecular formula is C24H29N5O2. The van der Waals surface area contributed by atoms with Crippen molar-refractivity contribution in [1.82, 2.24) is 15.1 Å². The van der Waals surface area contributed by atoms with Crippen molar-refractivity contribution in [3.63, 3.8) is 0 Å². The Morgan fingerprint density at radius 2 is 1.97 bits per heavy atom. The minimum absolute atomic E-state index is 0.292. The van der Waals surface area contributed by atoms with E-state index in [0.717, 1.165) is 35.7 Å². The summed E-state index contributed by atoms with van der Waals surface area (Å²) in [7, 11) is 1.90. The average molecular weight is 420 g/mol. The van der Waals surface area contributed by atoms with Crippen molar-refractivity contribution < 1.29 is 9.53 Å². The number of ether oxygens (including phenoxy) is 1. The Kier molecular flexibility index (Phi) is 6.84. The number of anilines is 2. The van der Waals surface area contributed by atoms with E-state index in [-0.39, 0.29) is 6.03 Å². The monoisotopic (exact) mass is 419 g/mol. The van der Waals surface area contributed by atoms with Crippen LogP contribution in [0.15, 0.2) is 60.8 Å². The highest BCUT2D eigenvalue weighted by Gasteiger charge is 2.15. The zero-order valence-electron chi connectivity index (χ0n) is 17.8. The molecule has 2 amide bonds. The number of amides is 2. The molecule has 0 saturated carbocycles. The maximum Gasteiger partial charge on any atom is 0.323 e. The van der Waals surface area contributed by atoms with Crippen LogP contribution in [0.1, 0.15) is 25.7 Å². The summed E-state index contributed by atoms with van der Waals surface area (Å²) >= 11 is 0. The van der Waals surface area contributed by atoms with Crippen LogP contribution >= 0.6 is 0 Å². The molecule has 0 aliphatic carbocycles. The van der Waals surface area contributed by atoms with Gasteiger partial charge in [0.15, 0.2) is 0 Å².